The number of aromatic nitrogens is 2. The van der Waals surface area contributed by atoms with Gasteiger partial charge in [-0.25, -0.2) is 9.97 Å². The van der Waals surface area contributed by atoms with Gasteiger partial charge in [0.05, 0.1) is 0 Å². The maximum absolute atomic E-state index is 12.7. The van der Waals surface area contributed by atoms with Gasteiger partial charge in [0, 0.05) is 24.7 Å². The number of carbonyl (C=O) groups is 1. The Morgan fingerprint density at radius 1 is 1.12 bits per heavy atom. The number of amides is 1. The van der Waals surface area contributed by atoms with Crippen molar-refractivity contribution in [3.8, 4) is 0 Å². The van der Waals surface area contributed by atoms with Crippen LogP contribution in [0.1, 0.15) is 21.6 Å². The molecular formula is C18H16N4OS. The van der Waals surface area contributed by atoms with Crippen LogP contribution in [0.15, 0.2) is 54.0 Å². The van der Waals surface area contributed by atoms with Gasteiger partial charge in [0.2, 0.25) is 0 Å². The summed E-state index contributed by atoms with van der Waals surface area (Å²) >= 11 is 1.41. The maximum atomic E-state index is 12.7. The van der Waals surface area contributed by atoms with Gasteiger partial charge in [-0.3, -0.25) is 4.79 Å². The molecule has 0 saturated carbocycles. The summed E-state index contributed by atoms with van der Waals surface area (Å²) in [5.41, 5.74) is 3.04. The summed E-state index contributed by atoms with van der Waals surface area (Å²) in [5.74, 6) is 0.701. The van der Waals surface area contributed by atoms with Crippen LogP contribution in [0.4, 0.5) is 10.9 Å². The molecule has 1 aliphatic heterocycles. The number of nitrogens with one attached hydrogen (secondary N) is 1. The highest BCUT2D eigenvalue weighted by atomic mass is 32.1. The Balaban J connectivity index is 1.48. The van der Waals surface area contributed by atoms with Crippen LogP contribution >= 0.6 is 11.3 Å². The van der Waals surface area contributed by atoms with E-state index in [4.69, 9.17) is 0 Å². The van der Waals surface area contributed by atoms with E-state index in [0.717, 1.165) is 18.8 Å². The molecule has 0 bridgehead atoms. The monoisotopic (exact) mass is 336 g/mol. The fourth-order valence-electron chi connectivity index (χ4n) is 2.81. The molecule has 24 heavy (non-hydrogen) atoms. The fourth-order valence-corrected chi connectivity index (χ4v) is 3.50. The molecule has 1 aromatic carbocycles. The van der Waals surface area contributed by atoms with Crippen molar-refractivity contribution in [3.05, 3.63) is 70.9 Å². The molecule has 1 aliphatic rings. The van der Waals surface area contributed by atoms with Crippen LogP contribution in [0.3, 0.4) is 0 Å². The summed E-state index contributed by atoms with van der Waals surface area (Å²) in [5, 5.41) is 5.60. The van der Waals surface area contributed by atoms with Crippen LogP contribution < -0.4 is 5.32 Å². The summed E-state index contributed by atoms with van der Waals surface area (Å²) in [6.45, 7) is 1.38. The van der Waals surface area contributed by atoms with Crippen molar-refractivity contribution < 1.29 is 4.79 Å². The fraction of sp³-hybridized carbons (Fsp3) is 0.167. The first-order valence-electron chi connectivity index (χ1n) is 7.79. The predicted molar refractivity (Wildman–Crippen MR) is 94.5 cm³/mol. The highest BCUT2D eigenvalue weighted by Crippen LogP contribution is 2.23. The predicted octanol–water partition coefficient (Wildman–Crippen LogP) is 3.48. The smallest absolute Gasteiger partial charge is 0.273 e. The molecule has 3 heterocycles. The molecule has 0 unspecified atom stereocenters. The third-order valence-electron chi connectivity index (χ3n) is 4.04. The van der Waals surface area contributed by atoms with Crippen molar-refractivity contribution in [1.29, 1.82) is 0 Å². The molecule has 0 spiro atoms. The number of hydrogen-bond acceptors (Lipinski definition) is 5. The second-order valence-corrected chi connectivity index (χ2v) is 6.48. The van der Waals surface area contributed by atoms with Crippen molar-refractivity contribution in [2.75, 3.05) is 11.9 Å². The lowest BCUT2D eigenvalue weighted by Crippen LogP contribution is -2.36. The van der Waals surface area contributed by atoms with E-state index in [0.29, 0.717) is 17.4 Å². The third kappa shape index (κ3) is 3.00. The minimum absolute atomic E-state index is 0.0187. The van der Waals surface area contributed by atoms with Gasteiger partial charge < -0.3 is 10.2 Å². The second kappa shape index (κ2) is 6.41. The van der Waals surface area contributed by atoms with Crippen LogP contribution in [0.2, 0.25) is 0 Å². The average Bonchev–Trinajstić information content (AvgIpc) is 3.10. The number of thiazole rings is 1. The zero-order chi connectivity index (χ0) is 16.4. The van der Waals surface area contributed by atoms with Gasteiger partial charge in [0.1, 0.15) is 11.5 Å². The minimum Gasteiger partial charge on any atom is -0.333 e. The van der Waals surface area contributed by atoms with Gasteiger partial charge in [-0.05, 0) is 29.7 Å². The third-order valence-corrected chi connectivity index (χ3v) is 4.80. The lowest BCUT2D eigenvalue weighted by molar-refractivity contribution is 0.0729. The first-order valence-corrected chi connectivity index (χ1v) is 8.67. The molecule has 2 aromatic heterocycles. The zero-order valence-corrected chi connectivity index (χ0v) is 13.8. The van der Waals surface area contributed by atoms with Crippen molar-refractivity contribution in [2.45, 2.75) is 13.0 Å². The quantitative estimate of drug-likeness (QED) is 0.795. The van der Waals surface area contributed by atoms with Gasteiger partial charge in [-0.1, -0.05) is 30.3 Å². The molecule has 0 saturated heterocycles. The van der Waals surface area contributed by atoms with Gasteiger partial charge in [0.15, 0.2) is 5.13 Å². The summed E-state index contributed by atoms with van der Waals surface area (Å²) < 4.78 is 0. The van der Waals surface area contributed by atoms with Crippen molar-refractivity contribution in [1.82, 2.24) is 14.9 Å². The number of fused-ring (bicyclic) bond motifs is 1. The van der Waals surface area contributed by atoms with E-state index in [1.54, 1.807) is 11.6 Å². The van der Waals surface area contributed by atoms with Crippen LogP contribution in [-0.2, 0) is 13.0 Å². The molecule has 6 heteroatoms. The van der Waals surface area contributed by atoms with E-state index in [2.05, 4.69) is 27.4 Å². The van der Waals surface area contributed by atoms with Gasteiger partial charge >= 0.3 is 0 Å². The van der Waals surface area contributed by atoms with Gasteiger partial charge in [-0.2, -0.15) is 0 Å². The number of benzene rings is 1. The number of hydrogen-bond donors (Lipinski definition) is 1. The van der Waals surface area contributed by atoms with Crippen molar-refractivity contribution in [3.63, 3.8) is 0 Å². The number of carbonyl (C=O) groups excluding carboxylic acids is 1. The Kier molecular flexibility index (Phi) is 3.96. The normalized spacial score (nSPS) is 13.4. The molecule has 0 aliphatic carbocycles. The van der Waals surface area contributed by atoms with Crippen molar-refractivity contribution >= 4 is 28.2 Å². The highest BCUT2D eigenvalue weighted by molar-refractivity contribution is 7.14. The molecule has 120 valence electrons. The summed E-state index contributed by atoms with van der Waals surface area (Å²) in [7, 11) is 0. The zero-order valence-electron chi connectivity index (χ0n) is 13.0. The number of pyridine rings is 1. The molecule has 0 fully saturated rings. The first-order chi connectivity index (χ1) is 11.8. The molecule has 4 rings (SSSR count). The molecule has 1 N–H and O–H groups in total. The first kappa shape index (κ1) is 14.8. The molecule has 0 atom stereocenters. The van der Waals surface area contributed by atoms with Crippen LogP contribution in [-0.4, -0.2) is 27.3 Å². The molecular weight excluding hydrogens is 320 g/mol. The Morgan fingerprint density at radius 2 is 1.96 bits per heavy atom. The average molecular weight is 336 g/mol. The molecule has 1 amide bonds. The SMILES string of the molecule is O=C(c1csc(Nc2ccccn2)n1)N1CCc2ccccc2C1. The van der Waals surface area contributed by atoms with Crippen LogP contribution in [0.5, 0.6) is 0 Å². The van der Waals surface area contributed by atoms with E-state index in [1.165, 1.54) is 22.5 Å². The summed E-state index contributed by atoms with van der Waals surface area (Å²) in [6, 6.07) is 13.9. The van der Waals surface area contributed by atoms with Gasteiger partial charge in [0.25, 0.3) is 5.91 Å². The van der Waals surface area contributed by atoms with E-state index < -0.39 is 0 Å². The lowest BCUT2D eigenvalue weighted by atomic mass is 10.00. The number of anilines is 2. The van der Waals surface area contributed by atoms with Crippen molar-refractivity contribution in [2.24, 2.45) is 0 Å². The van der Waals surface area contributed by atoms with E-state index in [9.17, 15) is 4.79 Å². The van der Waals surface area contributed by atoms with E-state index >= 15 is 0 Å². The number of nitrogens with zero attached hydrogens (tertiary/aromatic N) is 3. The maximum Gasteiger partial charge on any atom is 0.273 e. The molecule has 0 radical (unpaired) electrons. The van der Waals surface area contributed by atoms with E-state index in [-0.39, 0.29) is 5.91 Å². The Bertz CT molecular complexity index is 862. The van der Waals surface area contributed by atoms with Crippen LogP contribution in [0.25, 0.3) is 0 Å². The van der Waals surface area contributed by atoms with E-state index in [1.807, 2.05) is 35.2 Å². The largest absolute Gasteiger partial charge is 0.333 e. The highest BCUT2D eigenvalue weighted by Gasteiger charge is 2.23. The minimum atomic E-state index is -0.0187. The number of rotatable bonds is 3. The molecule has 5 nitrogen and oxygen atoms in total. The Morgan fingerprint density at radius 3 is 2.79 bits per heavy atom. The second-order valence-electron chi connectivity index (χ2n) is 5.62. The van der Waals surface area contributed by atoms with Gasteiger partial charge in [-0.15, -0.1) is 11.3 Å². The summed E-state index contributed by atoms with van der Waals surface area (Å²) in [4.78, 5) is 23.2. The summed E-state index contributed by atoms with van der Waals surface area (Å²) in [6.07, 6.45) is 2.61. The Hall–Kier alpha value is -2.73. The van der Waals surface area contributed by atoms with Crippen LogP contribution in [0, 0.1) is 0 Å². The molecule has 3 aromatic rings. The standard InChI is InChI=1S/C18H16N4OS/c23-17(22-10-8-13-5-1-2-6-14(13)11-22)15-12-24-18(20-15)21-16-7-3-4-9-19-16/h1-7,9,12H,8,10-11H2,(H,19,20,21). The lowest BCUT2D eigenvalue weighted by Gasteiger charge is -2.28. The topological polar surface area (TPSA) is 58.1 Å². The Labute approximate surface area is 144 Å².